The van der Waals surface area contributed by atoms with Crippen LogP contribution >= 0.6 is 0 Å². The van der Waals surface area contributed by atoms with E-state index in [2.05, 4.69) is 41.5 Å². The highest BCUT2D eigenvalue weighted by atomic mass is 14.5. The third-order valence-electron chi connectivity index (χ3n) is 6.93. The van der Waals surface area contributed by atoms with E-state index < -0.39 is 0 Å². The Morgan fingerprint density at radius 3 is 2.19 bits per heavy atom. The first-order valence-corrected chi connectivity index (χ1v) is 9.93. The summed E-state index contributed by atoms with van der Waals surface area (Å²) in [5.41, 5.74) is 0. The third-order valence-corrected chi connectivity index (χ3v) is 6.93. The van der Waals surface area contributed by atoms with Crippen LogP contribution in [0.5, 0.6) is 0 Å². The standard InChI is InChI=1S/C21H40/c1-7-15(4)20-13-19(20)11-16(5)17(6)21-12-18(21)10-8-9-14(2)3/h14-21H,7-13H2,1-6H3. The molecule has 0 aromatic heterocycles. The molecule has 21 heavy (non-hydrogen) atoms. The van der Waals surface area contributed by atoms with Gasteiger partial charge in [0.25, 0.3) is 0 Å². The Morgan fingerprint density at radius 2 is 1.57 bits per heavy atom. The molecule has 2 rings (SSSR count). The molecule has 0 bridgehead atoms. The molecule has 0 radical (unpaired) electrons. The van der Waals surface area contributed by atoms with Crippen LogP contribution in [0.3, 0.4) is 0 Å². The first kappa shape index (κ1) is 17.4. The fourth-order valence-corrected chi connectivity index (χ4v) is 4.69. The maximum atomic E-state index is 2.55. The SMILES string of the molecule is CCC(C)C1CC1CC(C)C(C)C1CC1CCCC(C)C. The van der Waals surface area contributed by atoms with E-state index in [0.717, 1.165) is 47.3 Å². The summed E-state index contributed by atoms with van der Waals surface area (Å²) in [5, 5.41) is 0. The summed E-state index contributed by atoms with van der Waals surface area (Å²) in [7, 11) is 0. The fraction of sp³-hybridized carbons (Fsp3) is 1.00. The maximum absolute atomic E-state index is 2.55. The van der Waals surface area contributed by atoms with Crippen molar-refractivity contribution < 1.29 is 0 Å². The van der Waals surface area contributed by atoms with Gasteiger partial charge in [0.05, 0.1) is 0 Å². The Kier molecular flexibility index (Phi) is 6.21. The first-order valence-electron chi connectivity index (χ1n) is 9.93. The molecule has 124 valence electrons. The number of hydrogen-bond acceptors (Lipinski definition) is 0. The first-order chi connectivity index (χ1) is 9.93. The molecule has 0 saturated heterocycles. The van der Waals surface area contributed by atoms with E-state index >= 15 is 0 Å². The van der Waals surface area contributed by atoms with E-state index in [4.69, 9.17) is 0 Å². The Labute approximate surface area is 134 Å². The molecule has 2 aliphatic rings. The number of rotatable bonds is 10. The summed E-state index contributed by atoms with van der Waals surface area (Å²) in [6.45, 7) is 14.6. The summed E-state index contributed by atoms with van der Waals surface area (Å²) in [5.74, 6) is 8.13. The molecule has 0 nitrogen and oxygen atoms in total. The second-order valence-corrected chi connectivity index (χ2v) is 9.10. The number of hydrogen-bond donors (Lipinski definition) is 0. The van der Waals surface area contributed by atoms with E-state index in [9.17, 15) is 0 Å². The molecule has 7 unspecified atom stereocenters. The van der Waals surface area contributed by atoms with Gasteiger partial charge in [-0.3, -0.25) is 0 Å². The van der Waals surface area contributed by atoms with Crippen molar-refractivity contribution in [2.45, 2.75) is 86.5 Å². The molecule has 0 heteroatoms. The highest BCUT2D eigenvalue weighted by molar-refractivity contribution is 4.95. The van der Waals surface area contributed by atoms with Crippen molar-refractivity contribution in [3.8, 4) is 0 Å². The minimum absolute atomic E-state index is 0.894. The molecule has 0 heterocycles. The molecule has 0 aromatic rings. The summed E-state index contributed by atoms with van der Waals surface area (Å²) >= 11 is 0. The van der Waals surface area contributed by atoms with Crippen LogP contribution in [0.15, 0.2) is 0 Å². The lowest BCUT2D eigenvalue weighted by molar-refractivity contribution is 0.287. The van der Waals surface area contributed by atoms with Gasteiger partial charge in [0, 0.05) is 0 Å². The van der Waals surface area contributed by atoms with Gasteiger partial charge in [-0.2, -0.15) is 0 Å². The zero-order chi connectivity index (χ0) is 15.6. The van der Waals surface area contributed by atoms with Gasteiger partial charge in [0.1, 0.15) is 0 Å². The third kappa shape index (κ3) is 5.00. The smallest absolute Gasteiger partial charge is 0.0355 e. The van der Waals surface area contributed by atoms with Gasteiger partial charge in [-0.25, -0.2) is 0 Å². The van der Waals surface area contributed by atoms with Crippen LogP contribution in [-0.4, -0.2) is 0 Å². The topological polar surface area (TPSA) is 0 Å². The Hall–Kier alpha value is 0. The minimum atomic E-state index is 0.894. The van der Waals surface area contributed by atoms with Crippen molar-refractivity contribution in [3.05, 3.63) is 0 Å². The lowest BCUT2D eigenvalue weighted by atomic mass is 9.85. The van der Waals surface area contributed by atoms with E-state index in [1.807, 2.05) is 0 Å². The van der Waals surface area contributed by atoms with E-state index in [0.29, 0.717) is 0 Å². The molecule has 2 aliphatic carbocycles. The van der Waals surface area contributed by atoms with Crippen molar-refractivity contribution in [1.82, 2.24) is 0 Å². The maximum Gasteiger partial charge on any atom is -0.0355 e. The van der Waals surface area contributed by atoms with Crippen molar-refractivity contribution in [2.24, 2.45) is 47.3 Å². The molecule has 2 saturated carbocycles. The van der Waals surface area contributed by atoms with Gasteiger partial charge in [0.2, 0.25) is 0 Å². The van der Waals surface area contributed by atoms with Gasteiger partial charge in [0.15, 0.2) is 0 Å². The van der Waals surface area contributed by atoms with Gasteiger partial charge in [-0.05, 0) is 66.6 Å². The summed E-state index contributed by atoms with van der Waals surface area (Å²) < 4.78 is 0. The van der Waals surface area contributed by atoms with Crippen LogP contribution in [-0.2, 0) is 0 Å². The molecule has 0 amide bonds. The molecular weight excluding hydrogens is 252 g/mol. The predicted octanol–water partition coefficient (Wildman–Crippen LogP) is 6.79. The molecule has 0 spiro atoms. The predicted molar refractivity (Wildman–Crippen MR) is 94.3 cm³/mol. The van der Waals surface area contributed by atoms with Crippen molar-refractivity contribution in [1.29, 1.82) is 0 Å². The highest BCUT2D eigenvalue weighted by Crippen LogP contribution is 2.54. The molecule has 0 N–H and O–H groups in total. The molecule has 7 atom stereocenters. The van der Waals surface area contributed by atoms with Crippen LogP contribution in [0.25, 0.3) is 0 Å². The van der Waals surface area contributed by atoms with E-state index in [-0.39, 0.29) is 0 Å². The Bertz CT molecular complexity index is 305. The van der Waals surface area contributed by atoms with Gasteiger partial charge >= 0.3 is 0 Å². The average Bonchev–Trinajstić information content (AvgIpc) is 3.32. The van der Waals surface area contributed by atoms with Crippen molar-refractivity contribution in [3.63, 3.8) is 0 Å². The van der Waals surface area contributed by atoms with Crippen LogP contribution in [0.2, 0.25) is 0 Å². The molecule has 0 aromatic carbocycles. The fourth-order valence-electron chi connectivity index (χ4n) is 4.69. The largest absolute Gasteiger partial charge is 0.0651 e. The quantitative estimate of drug-likeness (QED) is 0.415. The van der Waals surface area contributed by atoms with Gasteiger partial charge < -0.3 is 0 Å². The molecule has 2 fully saturated rings. The van der Waals surface area contributed by atoms with Crippen LogP contribution in [0.1, 0.15) is 86.5 Å². The zero-order valence-electron chi connectivity index (χ0n) is 15.6. The van der Waals surface area contributed by atoms with E-state index in [1.165, 1.54) is 38.5 Å². The normalized spacial score (nSPS) is 35.6. The van der Waals surface area contributed by atoms with Crippen LogP contribution in [0, 0.1) is 47.3 Å². The average molecular weight is 293 g/mol. The molecule has 0 aliphatic heterocycles. The second-order valence-electron chi connectivity index (χ2n) is 9.10. The van der Waals surface area contributed by atoms with Crippen molar-refractivity contribution in [2.75, 3.05) is 0 Å². The second kappa shape index (κ2) is 7.51. The Morgan fingerprint density at radius 1 is 0.905 bits per heavy atom. The Balaban J connectivity index is 1.62. The van der Waals surface area contributed by atoms with Crippen LogP contribution < -0.4 is 0 Å². The lowest BCUT2D eigenvalue weighted by Crippen LogP contribution is -2.13. The lowest BCUT2D eigenvalue weighted by Gasteiger charge is -2.21. The monoisotopic (exact) mass is 292 g/mol. The highest BCUT2D eigenvalue weighted by Gasteiger charge is 2.45. The zero-order valence-corrected chi connectivity index (χ0v) is 15.6. The molecular formula is C21H40. The summed E-state index contributed by atoms with van der Waals surface area (Å²) in [6, 6.07) is 0. The van der Waals surface area contributed by atoms with Crippen LogP contribution in [0.4, 0.5) is 0 Å². The van der Waals surface area contributed by atoms with Gasteiger partial charge in [-0.1, -0.05) is 67.2 Å². The minimum Gasteiger partial charge on any atom is -0.0651 e. The van der Waals surface area contributed by atoms with Gasteiger partial charge in [-0.15, -0.1) is 0 Å². The van der Waals surface area contributed by atoms with Crippen molar-refractivity contribution >= 4 is 0 Å². The van der Waals surface area contributed by atoms with E-state index in [1.54, 1.807) is 6.42 Å². The summed E-state index contributed by atoms with van der Waals surface area (Å²) in [4.78, 5) is 0. The summed E-state index contributed by atoms with van der Waals surface area (Å²) in [6.07, 6.45) is 10.4.